The molecule has 0 N–H and O–H groups in total. The summed E-state index contributed by atoms with van der Waals surface area (Å²) in [5.74, 6) is 0. The van der Waals surface area contributed by atoms with E-state index in [2.05, 4.69) is 26.7 Å². The first-order valence-electron chi connectivity index (χ1n) is 7.19. The van der Waals surface area contributed by atoms with E-state index < -0.39 is 0 Å². The average Bonchev–Trinajstić information content (AvgIpc) is 2.41. The summed E-state index contributed by atoms with van der Waals surface area (Å²) in [4.78, 5) is 2.96. The van der Waals surface area contributed by atoms with E-state index >= 15 is 0 Å². The first kappa shape index (κ1) is 15.6. The first-order chi connectivity index (χ1) is 8.33. The van der Waals surface area contributed by atoms with Crippen LogP contribution in [0.4, 0.5) is 0 Å². The minimum absolute atomic E-state index is 0.264. The predicted molar refractivity (Wildman–Crippen MR) is 77.9 cm³/mol. The summed E-state index contributed by atoms with van der Waals surface area (Å²) < 4.78 is 1.86. The molecule has 2 rings (SSSR count). The number of hydrogen-bond acceptors (Lipinski definition) is 1. The third kappa shape index (κ3) is 4.63. The molecule has 0 aromatic rings. The Hall–Kier alpha value is 2.25. The SMILES string of the molecule is [Na][Te]C(=[Te])N(C1CCCCC1)C1CCCCC1. The molecule has 4 heteroatoms. The quantitative estimate of drug-likeness (QED) is 0.569. The fourth-order valence-corrected chi connectivity index (χ4v) is 7.14. The molecular weight excluding hydrogens is 448 g/mol. The zero-order valence-corrected chi connectivity index (χ0v) is 17.7. The molecule has 1 nitrogen and oxygen atoms in total. The van der Waals surface area contributed by atoms with Crippen LogP contribution < -0.4 is 0 Å². The maximum absolute atomic E-state index is 2.96. The Labute approximate surface area is 142 Å². The molecule has 0 aromatic heterocycles. The summed E-state index contributed by atoms with van der Waals surface area (Å²) in [6.45, 7) is 0. The molecule has 0 heterocycles. The second kappa shape index (κ2) is 8.52. The van der Waals surface area contributed by atoms with Gasteiger partial charge in [0.2, 0.25) is 0 Å². The van der Waals surface area contributed by atoms with Gasteiger partial charge in [0.1, 0.15) is 0 Å². The summed E-state index contributed by atoms with van der Waals surface area (Å²) in [6, 6.07) is 1.88. The van der Waals surface area contributed by atoms with Crippen molar-refractivity contribution in [1.82, 2.24) is 4.90 Å². The molecule has 0 aromatic carbocycles. The molecule has 2 saturated carbocycles. The van der Waals surface area contributed by atoms with Crippen molar-refractivity contribution in [3.63, 3.8) is 0 Å². The van der Waals surface area contributed by atoms with E-state index in [1.54, 1.807) is 0 Å². The van der Waals surface area contributed by atoms with Crippen molar-refractivity contribution >= 4 is 62.6 Å². The van der Waals surface area contributed by atoms with E-state index in [1.807, 2.05) is 1.72 Å². The van der Waals surface area contributed by atoms with Crippen molar-refractivity contribution in [3.05, 3.63) is 0 Å². The van der Waals surface area contributed by atoms with Crippen molar-refractivity contribution in [2.45, 2.75) is 76.3 Å². The minimum atomic E-state index is 0.264. The third-order valence-corrected chi connectivity index (χ3v) is 18.4. The third-order valence-electron chi connectivity index (χ3n) is 4.32. The van der Waals surface area contributed by atoms with Crippen molar-refractivity contribution in [3.8, 4) is 0 Å². The number of rotatable bonds is 4. The van der Waals surface area contributed by atoms with Crippen LogP contribution in [0.2, 0.25) is 0 Å². The molecule has 0 spiro atoms. The van der Waals surface area contributed by atoms with E-state index in [9.17, 15) is 0 Å². The van der Waals surface area contributed by atoms with Crippen molar-refractivity contribution in [2.75, 3.05) is 0 Å². The van der Waals surface area contributed by atoms with Gasteiger partial charge in [0.25, 0.3) is 0 Å². The van der Waals surface area contributed by atoms with Crippen LogP contribution in [0.25, 0.3) is 0 Å². The van der Waals surface area contributed by atoms with Crippen LogP contribution >= 0.6 is 0 Å². The molecule has 2 aliphatic rings. The zero-order chi connectivity index (χ0) is 12.1. The van der Waals surface area contributed by atoms with Crippen LogP contribution in [-0.2, 0) is 0 Å². The summed E-state index contributed by atoms with van der Waals surface area (Å²) in [5.41, 5.74) is 0. The van der Waals surface area contributed by atoms with Gasteiger partial charge in [-0.05, 0) is 0 Å². The second-order valence-electron chi connectivity index (χ2n) is 5.46. The fourth-order valence-electron chi connectivity index (χ4n) is 3.42. The molecule has 0 radical (unpaired) electrons. The molecule has 0 saturated heterocycles. The van der Waals surface area contributed by atoms with Crippen molar-refractivity contribution in [1.29, 1.82) is 0 Å². The van der Waals surface area contributed by atoms with Gasteiger partial charge in [0.05, 0.1) is 0 Å². The molecule has 0 amide bonds. The first-order valence-corrected chi connectivity index (χ1v) is 17.3. The molecular formula is C13H22NNaTe2. The Morgan fingerprint density at radius 1 is 0.882 bits per heavy atom. The van der Waals surface area contributed by atoms with Gasteiger partial charge in [-0.25, -0.2) is 0 Å². The molecule has 2 aliphatic carbocycles. The predicted octanol–water partition coefficient (Wildman–Crippen LogP) is 2.00. The van der Waals surface area contributed by atoms with Gasteiger partial charge < -0.3 is 0 Å². The molecule has 17 heavy (non-hydrogen) atoms. The molecule has 92 valence electrons. The zero-order valence-electron chi connectivity index (χ0n) is 11.0. The van der Waals surface area contributed by atoms with Gasteiger partial charge >= 0.3 is 144 Å². The van der Waals surface area contributed by atoms with Crippen LogP contribution in [0.15, 0.2) is 0 Å². The van der Waals surface area contributed by atoms with Gasteiger partial charge in [-0.1, -0.05) is 0 Å². The Morgan fingerprint density at radius 2 is 1.29 bits per heavy atom. The summed E-state index contributed by atoms with van der Waals surface area (Å²) in [6.07, 6.45) is 14.9. The van der Waals surface area contributed by atoms with Crippen molar-refractivity contribution < 1.29 is 0 Å². The van der Waals surface area contributed by atoms with Crippen molar-refractivity contribution in [2.24, 2.45) is 0 Å². The fraction of sp³-hybridized carbons (Fsp3) is 0.923. The summed E-state index contributed by atoms with van der Waals surface area (Å²) in [7, 11) is 0. The molecule has 0 aliphatic heterocycles. The standard InChI is InChI=1S/C13H23NTe2.Na/c15-13(16)14(11-7-3-1-4-8-11)12-9-5-2-6-10-12;/h11-12H,1-10H2,(H,15,16);/q;+1/p-1. The maximum atomic E-state index is 2.96. The molecule has 0 atom stereocenters. The van der Waals surface area contributed by atoms with E-state index in [0.29, 0.717) is 0 Å². The van der Waals surface area contributed by atoms with Gasteiger partial charge in [-0.2, -0.15) is 0 Å². The van der Waals surface area contributed by atoms with Crippen LogP contribution in [0.1, 0.15) is 64.2 Å². The second-order valence-corrected chi connectivity index (χ2v) is 14.1. The normalized spacial score (nSPS) is 23.6. The van der Waals surface area contributed by atoms with Gasteiger partial charge in [-0.15, -0.1) is 0 Å². The number of nitrogens with zero attached hydrogens (tertiary/aromatic N) is 1. The van der Waals surface area contributed by atoms with Crippen LogP contribution in [0, 0.1) is 0 Å². The van der Waals surface area contributed by atoms with E-state index in [0.717, 1.165) is 12.1 Å². The molecule has 0 unspecified atom stereocenters. The Kier molecular flexibility index (Phi) is 7.83. The van der Waals surface area contributed by atoms with Gasteiger partial charge in [0, 0.05) is 0 Å². The van der Waals surface area contributed by atoms with E-state index in [1.165, 1.54) is 87.7 Å². The Bertz CT molecular complexity index is 230. The summed E-state index contributed by atoms with van der Waals surface area (Å²) in [5, 5.41) is 0. The van der Waals surface area contributed by atoms with Gasteiger partial charge in [-0.3, -0.25) is 0 Å². The van der Waals surface area contributed by atoms with Crippen LogP contribution in [0.3, 0.4) is 0 Å². The summed E-state index contributed by atoms with van der Waals surface area (Å²) >= 11 is 4.12. The van der Waals surface area contributed by atoms with Crippen LogP contribution in [-0.4, -0.2) is 79.6 Å². The molecule has 0 bridgehead atoms. The van der Waals surface area contributed by atoms with E-state index in [4.69, 9.17) is 0 Å². The van der Waals surface area contributed by atoms with Gasteiger partial charge in [0.15, 0.2) is 0 Å². The van der Waals surface area contributed by atoms with Crippen LogP contribution in [0.5, 0.6) is 0 Å². The topological polar surface area (TPSA) is 3.24 Å². The Morgan fingerprint density at radius 3 is 1.65 bits per heavy atom. The van der Waals surface area contributed by atoms with E-state index in [-0.39, 0.29) is 15.5 Å². The number of hydrogen-bond donors (Lipinski definition) is 0. The monoisotopic (exact) mass is 475 g/mol. The average molecular weight is 471 g/mol. The molecule has 2 fully saturated rings. The Balaban J connectivity index is 2.02.